The second-order valence-electron chi connectivity index (χ2n) is 3.26. The van der Waals surface area contributed by atoms with Crippen LogP contribution in [0.5, 0.6) is 0 Å². The smallest absolute Gasteiger partial charge is 0.313 e. The van der Waals surface area contributed by atoms with Gasteiger partial charge < -0.3 is 15.2 Å². The number of thioether (sulfide) groups is 1. The van der Waals surface area contributed by atoms with Gasteiger partial charge in [-0.05, 0) is 6.42 Å². The molecule has 96 valence electrons. The van der Waals surface area contributed by atoms with E-state index in [1.807, 2.05) is 0 Å². The molecule has 0 aromatic carbocycles. The molecule has 0 bridgehead atoms. The van der Waals surface area contributed by atoms with Crippen LogP contribution in [0.25, 0.3) is 0 Å². The van der Waals surface area contributed by atoms with Crippen molar-refractivity contribution in [2.75, 3.05) is 24.8 Å². The molecule has 0 spiro atoms. The molecule has 0 saturated carbocycles. The minimum absolute atomic E-state index is 0.00388. The number of carboxylic acid groups (broad SMARTS) is 1. The molecule has 2 N–H and O–H groups in total. The summed E-state index contributed by atoms with van der Waals surface area (Å²) in [6.45, 7) is 2.66. The minimum atomic E-state index is -0.856. The zero-order valence-corrected chi connectivity index (χ0v) is 11.3. The second-order valence-corrected chi connectivity index (χ2v) is 5.46. The Balaban J connectivity index is 2.46. The lowest BCUT2D eigenvalue weighted by Gasteiger charge is -2.13. The fourth-order valence-corrected chi connectivity index (χ4v) is 2.64. The Labute approximate surface area is 108 Å². The molecule has 1 rings (SSSR count). The summed E-state index contributed by atoms with van der Waals surface area (Å²) >= 11 is 2.53. The Morgan fingerprint density at radius 1 is 1.65 bits per heavy atom. The van der Waals surface area contributed by atoms with Gasteiger partial charge in [0.2, 0.25) is 5.13 Å². The minimum Gasteiger partial charge on any atom is -0.481 e. The number of rotatable bonds is 8. The van der Waals surface area contributed by atoms with Gasteiger partial charge in [-0.3, -0.25) is 4.79 Å². The van der Waals surface area contributed by atoms with E-state index in [2.05, 4.69) is 22.4 Å². The Morgan fingerprint density at radius 2 is 2.41 bits per heavy atom. The first-order valence-electron chi connectivity index (χ1n) is 5.09. The molecule has 0 saturated heterocycles. The highest BCUT2D eigenvalue weighted by Crippen LogP contribution is 2.25. The summed E-state index contributed by atoms with van der Waals surface area (Å²) in [4.78, 5) is 10.4. The van der Waals surface area contributed by atoms with Crippen LogP contribution in [0.15, 0.2) is 4.34 Å². The Bertz CT molecular complexity index is 359. The molecule has 0 aliphatic rings. The van der Waals surface area contributed by atoms with E-state index >= 15 is 0 Å². The topological polar surface area (TPSA) is 84.3 Å². The molecule has 8 heteroatoms. The molecule has 17 heavy (non-hydrogen) atoms. The molecule has 6 nitrogen and oxygen atoms in total. The van der Waals surface area contributed by atoms with Gasteiger partial charge in [0.1, 0.15) is 0 Å². The normalized spacial score (nSPS) is 12.4. The first-order chi connectivity index (χ1) is 8.15. The number of hydrogen-bond acceptors (Lipinski definition) is 7. The highest BCUT2D eigenvalue weighted by Gasteiger charge is 2.11. The van der Waals surface area contributed by atoms with E-state index in [4.69, 9.17) is 9.84 Å². The number of aromatic nitrogens is 2. The predicted octanol–water partition coefficient (Wildman–Crippen LogP) is 1.55. The predicted molar refractivity (Wildman–Crippen MR) is 67.8 cm³/mol. The molecule has 0 radical (unpaired) electrons. The molecule has 1 heterocycles. The van der Waals surface area contributed by atoms with Crippen molar-refractivity contribution in [3.8, 4) is 0 Å². The monoisotopic (exact) mass is 277 g/mol. The number of nitrogens with one attached hydrogen (secondary N) is 1. The third kappa shape index (κ3) is 5.33. The van der Waals surface area contributed by atoms with Gasteiger partial charge in [-0.25, -0.2) is 0 Å². The highest BCUT2D eigenvalue weighted by molar-refractivity contribution is 8.01. The van der Waals surface area contributed by atoms with Crippen molar-refractivity contribution >= 4 is 34.2 Å². The molecule has 1 atom stereocenters. The average Bonchev–Trinajstić information content (AvgIpc) is 2.73. The van der Waals surface area contributed by atoms with Gasteiger partial charge in [-0.15, -0.1) is 10.2 Å². The summed E-state index contributed by atoms with van der Waals surface area (Å²) in [6, 6.07) is 0.199. The van der Waals surface area contributed by atoms with Gasteiger partial charge in [0.25, 0.3) is 0 Å². The fourth-order valence-electron chi connectivity index (χ4n) is 1.09. The summed E-state index contributed by atoms with van der Waals surface area (Å²) < 4.78 is 5.72. The van der Waals surface area contributed by atoms with Crippen LogP contribution in [-0.2, 0) is 9.53 Å². The molecule has 0 aliphatic carbocycles. The maximum atomic E-state index is 10.4. The van der Waals surface area contributed by atoms with E-state index in [0.29, 0.717) is 16.1 Å². The van der Waals surface area contributed by atoms with Crippen LogP contribution in [0.1, 0.15) is 13.3 Å². The number of nitrogens with zero attached hydrogens (tertiary/aromatic N) is 2. The number of anilines is 1. The SMILES string of the molecule is CCC(COC)Nc1nnc(SCC(=O)O)s1. The van der Waals surface area contributed by atoms with E-state index in [1.165, 1.54) is 23.1 Å². The first-order valence-corrected chi connectivity index (χ1v) is 6.89. The fraction of sp³-hybridized carbons (Fsp3) is 0.667. The van der Waals surface area contributed by atoms with Crippen LogP contribution in [-0.4, -0.2) is 46.8 Å². The summed E-state index contributed by atoms with van der Waals surface area (Å²) in [6.07, 6.45) is 0.922. The Morgan fingerprint density at radius 3 is 3.00 bits per heavy atom. The van der Waals surface area contributed by atoms with Crippen LogP contribution in [0.2, 0.25) is 0 Å². The maximum Gasteiger partial charge on any atom is 0.313 e. The molecular weight excluding hydrogens is 262 g/mol. The summed E-state index contributed by atoms with van der Waals surface area (Å²) in [5.41, 5.74) is 0. The van der Waals surface area contributed by atoms with Crippen LogP contribution in [0.3, 0.4) is 0 Å². The van der Waals surface area contributed by atoms with E-state index in [0.717, 1.165) is 6.42 Å². The molecule has 1 unspecified atom stereocenters. The van der Waals surface area contributed by atoms with Gasteiger partial charge in [-0.2, -0.15) is 0 Å². The third-order valence-electron chi connectivity index (χ3n) is 1.91. The highest BCUT2D eigenvalue weighted by atomic mass is 32.2. The average molecular weight is 277 g/mol. The van der Waals surface area contributed by atoms with E-state index < -0.39 is 5.97 Å². The van der Waals surface area contributed by atoms with E-state index in [1.54, 1.807) is 7.11 Å². The molecule has 0 amide bonds. The zero-order valence-electron chi connectivity index (χ0n) is 9.67. The van der Waals surface area contributed by atoms with Gasteiger partial charge in [-0.1, -0.05) is 30.0 Å². The van der Waals surface area contributed by atoms with Crippen molar-refractivity contribution in [2.45, 2.75) is 23.7 Å². The van der Waals surface area contributed by atoms with Crippen LogP contribution in [0.4, 0.5) is 5.13 Å². The zero-order chi connectivity index (χ0) is 12.7. The first kappa shape index (κ1) is 14.2. The van der Waals surface area contributed by atoms with Crippen LogP contribution in [0, 0.1) is 0 Å². The van der Waals surface area contributed by atoms with Gasteiger partial charge in [0, 0.05) is 7.11 Å². The molecule has 0 aliphatic heterocycles. The van der Waals surface area contributed by atoms with Gasteiger partial charge >= 0.3 is 5.97 Å². The maximum absolute atomic E-state index is 10.4. The van der Waals surface area contributed by atoms with Crippen LogP contribution >= 0.6 is 23.1 Å². The number of carbonyl (C=O) groups is 1. The molecule has 0 fully saturated rings. The molecule has 1 aromatic heterocycles. The van der Waals surface area contributed by atoms with E-state index in [9.17, 15) is 4.79 Å². The summed E-state index contributed by atoms with van der Waals surface area (Å²) in [5, 5.41) is 20.3. The Hall–Kier alpha value is -0.860. The number of ether oxygens (including phenoxy) is 1. The number of aliphatic carboxylic acids is 1. The lowest BCUT2D eigenvalue weighted by molar-refractivity contribution is -0.133. The number of hydrogen-bond donors (Lipinski definition) is 2. The van der Waals surface area contributed by atoms with Crippen molar-refractivity contribution in [1.82, 2.24) is 10.2 Å². The third-order valence-corrected chi connectivity index (χ3v) is 3.89. The lowest BCUT2D eigenvalue weighted by atomic mass is 10.2. The van der Waals surface area contributed by atoms with Gasteiger partial charge in [0.15, 0.2) is 4.34 Å². The Kier molecular flexibility index (Phi) is 6.23. The molecular formula is C9H15N3O3S2. The van der Waals surface area contributed by atoms with E-state index in [-0.39, 0.29) is 11.8 Å². The second kappa shape index (κ2) is 7.46. The van der Waals surface area contributed by atoms with Crippen molar-refractivity contribution in [2.24, 2.45) is 0 Å². The summed E-state index contributed by atoms with van der Waals surface area (Å²) in [5.74, 6) is -0.852. The number of methoxy groups -OCH3 is 1. The number of carboxylic acids is 1. The molecule has 1 aromatic rings. The van der Waals surface area contributed by atoms with Crippen molar-refractivity contribution in [3.63, 3.8) is 0 Å². The van der Waals surface area contributed by atoms with Crippen molar-refractivity contribution in [1.29, 1.82) is 0 Å². The van der Waals surface area contributed by atoms with Crippen LogP contribution < -0.4 is 5.32 Å². The van der Waals surface area contributed by atoms with Gasteiger partial charge in [0.05, 0.1) is 18.4 Å². The van der Waals surface area contributed by atoms with Crippen molar-refractivity contribution in [3.05, 3.63) is 0 Å². The lowest BCUT2D eigenvalue weighted by Crippen LogP contribution is -2.23. The standard InChI is InChI=1S/C9H15N3O3S2/c1-3-6(4-15-2)10-8-11-12-9(17-8)16-5-7(13)14/h6H,3-5H2,1-2H3,(H,10,11)(H,13,14). The quantitative estimate of drug-likeness (QED) is 0.697. The largest absolute Gasteiger partial charge is 0.481 e. The summed E-state index contributed by atoms with van der Waals surface area (Å²) in [7, 11) is 1.65. The van der Waals surface area contributed by atoms with Crippen molar-refractivity contribution < 1.29 is 14.6 Å².